The van der Waals surface area contributed by atoms with E-state index in [1.54, 1.807) is 6.92 Å². The van der Waals surface area contributed by atoms with Crippen LogP contribution in [0.4, 0.5) is 0 Å². The fourth-order valence-electron chi connectivity index (χ4n) is 1.76. The SMILES string of the molecule is Cc1cc(S(=O)(=O)N2CC(=O)NCC2C(=O)O)sc1Cl. The molecular formula is C10H11ClN2O5S2. The van der Waals surface area contributed by atoms with Crippen LogP contribution >= 0.6 is 22.9 Å². The van der Waals surface area contributed by atoms with Crippen molar-refractivity contribution in [2.45, 2.75) is 17.2 Å². The second-order valence-corrected chi connectivity index (χ2v) is 8.00. The van der Waals surface area contributed by atoms with Crippen molar-refractivity contribution in [3.05, 3.63) is 16.0 Å². The molecule has 0 aromatic carbocycles. The van der Waals surface area contributed by atoms with Gasteiger partial charge in [0.2, 0.25) is 5.91 Å². The summed E-state index contributed by atoms with van der Waals surface area (Å²) in [4.78, 5) is 22.5. The average Bonchev–Trinajstić information content (AvgIpc) is 2.70. The summed E-state index contributed by atoms with van der Waals surface area (Å²) >= 11 is 6.68. The number of hydrogen-bond acceptors (Lipinski definition) is 5. The van der Waals surface area contributed by atoms with Crippen molar-refractivity contribution < 1.29 is 23.1 Å². The first kappa shape index (κ1) is 15.2. The summed E-state index contributed by atoms with van der Waals surface area (Å²) in [5, 5.41) is 11.4. The van der Waals surface area contributed by atoms with E-state index in [0.29, 0.717) is 14.2 Å². The van der Waals surface area contributed by atoms with Crippen molar-refractivity contribution in [3.63, 3.8) is 0 Å². The number of sulfonamides is 1. The highest BCUT2D eigenvalue weighted by atomic mass is 35.5. The number of hydrogen-bond donors (Lipinski definition) is 2. The molecule has 0 saturated carbocycles. The molecule has 0 bridgehead atoms. The fourth-order valence-corrected chi connectivity index (χ4v) is 5.13. The molecule has 1 atom stereocenters. The minimum atomic E-state index is -4.07. The Kier molecular flexibility index (Phi) is 4.05. The number of carboxylic acids is 1. The van der Waals surface area contributed by atoms with Gasteiger partial charge in [-0.25, -0.2) is 8.42 Å². The molecule has 1 amide bonds. The van der Waals surface area contributed by atoms with Gasteiger partial charge in [-0.15, -0.1) is 11.3 Å². The molecule has 1 fully saturated rings. The van der Waals surface area contributed by atoms with Gasteiger partial charge in [0, 0.05) is 6.54 Å². The second-order valence-electron chi connectivity index (χ2n) is 4.23. The van der Waals surface area contributed by atoms with Crippen LogP contribution in [0, 0.1) is 6.92 Å². The smallest absolute Gasteiger partial charge is 0.323 e. The molecular weight excluding hydrogens is 328 g/mol. The molecule has 1 aliphatic heterocycles. The van der Waals surface area contributed by atoms with Crippen LogP contribution in [0.2, 0.25) is 4.34 Å². The number of carbonyl (C=O) groups excluding carboxylic acids is 1. The van der Waals surface area contributed by atoms with E-state index in [2.05, 4.69) is 5.32 Å². The summed E-state index contributed by atoms with van der Waals surface area (Å²) in [6.45, 7) is 0.870. The van der Waals surface area contributed by atoms with Crippen molar-refractivity contribution in [1.82, 2.24) is 9.62 Å². The maximum absolute atomic E-state index is 12.4. The van der Waals surface area contributed by atoms with Crippen molar-refractivity contribution in [1.29, 1.82) is 0 Å². The number of nitrogens with zero attached hydrogens (tertiary/aromatic N) is 1. The van der Waals surface area contributed by atoms with Crippen molar-refractivity contribution in [3.8, 4) is 0 Å². The number of amides is 1. The number of carbonyl (C=O) groups is 2. The lowest BCUT2D eigenvalue weighted by Gasteiger charge is -2.31. The van der Waals surface area contributed by atoms with E-state index >= 15 is 0 Å². The van der Waals surface area contributed by atoms with E-state index in [1.807, 2.05) is 0 Å². The normalized spacial score (nSPS) is 20.7. The van der Waals surface area contributed by atoms with Crippen LogP contribution in [0.15, 0.2) is 10.3 Å². The average molecular weight is 339 g/mol. The maximum atomic E-state index is 12.4. The Labute approximate surface area is 124 Å². The molecule has 1 saturated heterocycles. The number of carboxylic acid groups (broad SMARTS) is 1. The predicted octanol–water partition coefficient (Wildman–Crippen LogP) is 0.284. The molecule has 0 spiro atoms. The third-order valence-corrected chi connectivity index (χ3v) is 6.68. The zero-order chi connectivity index (χ0) is 15.1. The predicted molar refractivity (Wildman–Crippen MR) is 72.4 cm³/mol. The number of rotatable bonds is 3. The molecule has 1 aliphatic rings. The topological polar surface area (TPSA) is 104 Å². The van der Waals surface area contributed by atoms with Crippen molar-refractivity contribution in [2.24, 2.45) is 0 Å². The van der Waals surface area contributed by atoms with Gasteiger partial charge in [0.05, 0.1) is 10.9 Å². The Hall–Kier alpha value is -1.16. The standard InChI is InChI=1S/C10H11ClN2O5S2/c1-5-2-8(19-9(5)11)20(17,18)13-4-7(14)12-3-6(13)10(15)16/h2,6H,3-4H2,1H3,(H,12,14)(H,15,16). The molecule has 0 aliphatic carbocycles. The van der Waals surface area contributed by atoms with Crippen LogP contribution in [-0.4, -0.2) is 48.8 Å². The summed E-state index contributed by atoms with van der Waals surface area (Å²) in [5.41, 5.74) is 0.587. The highest BCUT2D eigenvalue weighted by Gasteiger charge is 2.41. The van der Waals surface area contributed by atoms with Gasteiger partial charge in [-0.1, -0.05) is 11.6 Å². The van der Waals surface area contributed by atoms with E-state index in [1.165, 1.54) is 6.07 Å². The van der Waals surface area contributed by atoms with E-state index in [-0.39, 0.29) is 10.8 Å². The highest BCUT2D eigenvalue weighted by Crippen LogP contribution is 2.32. The lowest BCUT2D eigenvalue weighted by molar-refractivity contribution is -0.143. The summed E-state index contributed by atoms with van der Waals surface area (Å²) in [5.74, 6) is -1.85. The molecule has 2 heterocycles. The van der Waals surface area contributed by atoms with Crippen LogP contribution in [-0.2, 0) is 19.6 Å². The fraction of sp³-hybridized carbons (Fsp3) is 0.400. The van der Waals surface area contributed by atoms with Gasteiger partial charge in [0.25, 0.3) is 10.0 Å². The largest absolute Gasteiger partial charge is 0.480 e. The second kappa shape index (κ2) is 5.32. The molecule has 1 unspecified atom stereocenters. The first-order chi connectivity index (χ1) is 9.23. The monoisotopic (exact) mass is 338 g/mol. The van der Waals surface area contributed by atoms with Gasteiger partial charge < -0.3 is 10.4 Å². The highest BCUT2D eigenvalue weighted by molar-refractivity contribution is 7.91. The summed E-state index contributed by atoms with van der Waals surface area (Å²) in [7, 11) is -4.07. The summed E-state index contributed by atoms with van der Waals surface area (Å²) in [6.07, 6.45) is 0. The quantitative estimate of drug-likeness (QED) is 0.824. The van der Waals surface area contributed by atoms with Crippen molar-refractivity contribution >= 4 is 44.8 Å². The minimum absolute atomic E-state index is 0.0686. The van der Waals surface area contributed by atoms with Crippen LogP contribution in [0.1, 0.15) is 5.56 Å². The summed E-state index contributed by atoms with van der Waals surface area (Å²) in [6, 6.07) is 0.0483. The third kappa shape index (κ3) is 2.66. The Morgan fingerprint density at radius 1 is 1.60 bits per heavy atom. The van der Waals surface area contributed by atoms with Crippen LogP contribution < -0.4 is 5.32 Å². The number of aliphatic carboxylic acids is 1. The number of nitrogens with one attached hydrogen (secondary N) is 1. The van der Waals surface area contributed by atoms with Gasteiger partial charge >= 0.3 is 5.97 Å². The van der Waals surface area contributed by atoms with Gasteiger partial charge in [0.1, 0.15) is 10.3 Å². The Balaban J connectivity index is 2.44. The zero-order valence-corrected chi connectivity index (χ0v) is 12.7. The number of thiophene rings is 1. The van der Waals surface area contributed by atoms with Crippen molar-refractivity contribution in [2.75, 3.05) is 13.1 Å². The van der Waals surface area contributed by atoms with Gasteiger partial charge in [-0.3, -0.25) is 9.59 Å². The summed E-state index contributed by atoms with van der Waals surface area (Å²) < 4.78 is 25.8. The Bertz CT molecular complexity index is 650. The molecule has 1 aromatic heterocycles. The molecule has 2 N–H and O–H groups in total. The van der Waals surface area contributed by atoms with Crippen LogP contribution in [0.5, 0.6) is 0 Å². The minimum Gasteiger partial charge on any atom is -0.480 e. The van der Waals surface area contributed by atoms with Gasteiger partial charge in [0.15, 0.2) is 0 Å². The first-order valence-electron chi connectivity index (χ1n) is 5.50. The molecule has 10 heteroatoms. The maximum Gasteiger partial charge on any atom is 0.323 e. The van der Waals surface area contributed by atoms with E-state index in [0.717, 1.165) is 11.3 Å². The zero-order valence-electron chi connectivity index (χ0n) is 10.3. The Morgan fingerprint density at radius 3 is 2.75 bits per heavy atom. The first-order valence-corrected chi connectivity index (χ1v) is 8.14. The number of aryl methyl sites for hydroxylation is 1. The van der Waals surface area contributed by atoms with Crippen LogP contribution in [0.25, 0.3) is 0 Å². The molecule has 20 heavy (non-hydrogen) atoms. The molecule has 110 valence electrons. The molecule has 0 radical (unpaired) electrons. The van der Waals surface area contributed by atoms with E-state index < -0.39 is 34.5 Å². The van der Waals surface area contributed by atoms with E-state index in [9.17, 15) is 18.0 Å². The van der Waals surface area contributed by atoms with Gasteiger partial charge in [-0.2, -0.15) is 4.31 Å². The molecule has 2 rings (SSSR count). The third-order valence-electron chi connectivity index (χ3n) is 2.82. The molecule has 7 nitrogen and oxygen atoms in total. The van der Waals surface area contributed by atoms with Gasteiger partial charge in [-0.05, 0) is 18.6 Å². The lowest BCUT2D eigenvalue weighted by Crippen LogP contribution is -2.59. The lowest BCUT2D eigenvalue weighted by atomic mass is 10.2. The Morgan fingerprint density at radius 2 is 2.25 bits per heavy atom. The van der Waals surface area contributed by atoms with E-state index in [4.69, 9.17) is 16.7 Å². The molecule has 1 aromatic rings. The van der Waals surface area contributed by atoms with Crippen LogP contribution in [0.3, 0.4) is 0 Å². The number of halogens is 1. The number of piperazine rings is 1.